The van der Waals surface area contributed by atoms with Crippen LogP contribution in [0.25, 0.3) is 0 Å². The molecule has 5 nitrogen and oxygen atoms in total. The molecule has 0 bridgehead atoms. The minimum atomic E-state index is -0.427. The zero-order chi connectivity index (χ0) is 14.5. The molecule has 0 radical (unpaired) electrons. The highest BCUT2D eigenvalue weighted by atomic mass is 32.2. The topological polar surface area (TPSA) is 72.3 Å². The zero-order valence-corrected chi connectivity index (χ0v) is 12.0. The predicted molar refractivity (Wildman–Crippen MR) is 75.0 cm³/mol. The molecule has 0 aliphatic carbocycles. The van der Waals surface area contributed by atoms with Gasteiger partial charge >= 0.3 is 5.97 Å². The van der Waals surface area contributed by atoms with Gasteiger partial charge < -0.3 is 9.84 Å². The largest absolute Gasteiger partial charge is 0.507 e. The minimum absolute atomic E-state index is 0.174. The normalized spacial score (nSPS) is 10.3. The van der Waals surface area contributed by atoms with Crippen LogP contribution in [0.2, 0.25) is 0 Å². The van der Waals surface area contributed by atoms with Crippen LogP contribution >= 0.6 is 11.8 Å². The summed E-state index contributed by atoms with van der Waals surface area (Å²) in [6.45, 7) is 3.78. The van der Waals surface area contributed by atoms with Crippen molar-refractivity contribution in [2.75, 3.05) is 6.61 Å². The van der Waals surface area contributed by atoms with Crippen molar-refractivity contribution in [1.82, 2.24) is 9.97 Å². The zero-order valence-electron chi connectivity index (χ0n) is 11.2. The number of aromatic nitrogens is 2. The van der Waals surface area contributed by atoms with Crippen molar-refractivity contribution < 1.29 is 14.6 Å². The number of ether oxygens (including phenoxy) is 1. The van der Waals surface area contributed by atoms with Crippen LogP contribution < -0.4 is 0 Å². The molecule has 2 rings (SSSR count). The third-order valence-electron chi connectivity index (χ3n) is 2.52. The highest BCUT2D eigenvalue weighted by Crippen LogP contribution is 2.32. The van der Waals surface area contributed by atoms with E-state index in [1.54, 1.807) is 32.0 Å². The third-order valence-corrected chi connectivity index (χ3v) is 3.46. The van der Waals surface area contributed by atoms with Gasteiger partial charge in [0.15, 0.2) is 5.16 Å². The Morgan fingerprint density at radius 2 is 2.15 bits per heavy atom. The van der Waals surface area contributed by atoms with Gasteiger partial charge in [-0.05, 0) is 37.7 Å². The molecule has 1 heterocycles. The van der Waals surface area contributed by atoms with Gasteiger partial charge in [0.25, 0.3) is 0 Å². The van der Waals surface area contributed by atoms with Crippen molar-refractivity contribution in [3.63, 3.8) is 0 Å². The van der Waals surface area contributed by atoms with Crippen molar-refractivity contribution in [3.8, 4) is 5.75 Å². The van der Waals surface area contributed by atoms with Gasteiger partial charge in [-0.15, -0.1) is 0 Å². The van der Waals surface area contributed by atoms with E-state index in [9.17, 15) is 9.90 Å². The fourth-order valence-corrected chi connectivity index (χ4v) is 2.35. The van der Waals surface area contributed by atoms with Gasteiger partial charge in [-0.25, -0.2) is 14.8 Å². The molecule has 0 aliphatic heterocycles. The van der Waals surface area contributed by atoms with Gasteiger partial charge in [0.05, 0.1) is 22.8 Å². The predicted octanol–water partition coefficient (Wildman–Crippen LogP) is 2.82. The SMILES string of the molecule is CCOC(=O)c1cnc(Sc2ccccc2O)nc1C. The number of phenols is 1. The standard InChI is InChI=1S/C14H14N2O3S/c1-3-19-13(18)10-8-15-14(16-9(10)2)20-12-7-5-4-6-11(12)17/h4-8,17H,3H2,1-2H3. The first-order valence-electron chi connectivity index (χ1n) is 6.08. The third kappa shape index (κ3) is 3.27. The lowest BCUT2D eigenvalue weighted by atomic mass is 10.2. The van der Waals surface area contributed by atoms with Crippen molar-refractivity contribution in [2.45, 2.75) is 23.9 Å². The average Bonchev–Trinajstić information content (AvgIpc) is 2.42. The number of esters is 1. The summed E-state index contributed by atoms with van der Waals surface area (Å²) in [7, 11) is 0. The molecule has 0 saturated heterocycles. The summed E-state index contributed by atoms with van der Waals surface area (Å²) >= 11 is 1.24. The van der Waals surface area contributed by atoms with Crippen LogP contribution in [0, 0.1) is 6.92 Å². The first-order chi connectivity index (χ1) is 9.61. The summed E-state index contributed by atoms with van der Waals surface area (Å²) in [5, 5.41) is 10.2. The lowest BCUT2D eigenvalue weighted by Crippen LogP contribution is -2.09. The number of hydrogen-bond acceptors (Lipinski definition) is 6. The van der Waals surface area contributed by atoms with E-state index in [4.69, 9.17) is 4.74 Å². The summed E-state index contributed by atoms with van der Waals surface area (Å²) in [6, 6.07) is 6.94. The number of hydrogen-bond donors (Lipinski definition) is 1. The van der Waals surface area contributed by atoms with Crippen molar-refractivity contribution >= 4 is 17.7 Å². The molecular formula is C14H14N2O3S. The van der Waals surface area contributed by atoms with E-state index in [0.29, 0.717) is 27.9 Å². The van der Waals surface area contributed by atoms with Crippen LogP contribution in [0.4, 0.5) is 0 Å². The molecule has 1 N–H and O–H groups in total. The Kier molecular flexibility index (Phi) is 4.57. The van der Waals surface area contributed by atoms with Gasteiger partial charge in [-0.3, -0.25) is 0 Å². The van der Waals surface area contributed by atoms with E-state index in [2.05, 4.69) is 9.97 Å². The molecule has 2 aromatic rings. The molecular weight excluding hydrogens is 276 g/mol. The highest BCUT2D eigenvalue weighted by molar-refractivity contribution is 7.99. The fourth-order valence-electron chi connectivity index (χ4n) is 1.55. The molecule has 0 spiro atoms. The van der Waals surface area contributed by atoms with Crippen LogP contribution in [0.1, 0.15) is 23.0 Å². The molecule has 0 atom stereocenters. The van der Waals surface area contributed by atoms with Gasteiger partial charge in [0.2, 0.25) is 0 Å². The van der Waals surface area contributed by atoms with Crippen LogP contribution in [-0.4, -0.2) is 27.7 Å². The maximum Gasteiger partial charge on any atom is 0.341 e. The first kappa shape index (κ1) is 14.3. The number of nitrogens with zero attached hydrogens (tertiary/aromatic N) is 2. The van der Waals surface area contributed by atoms with E-state index >= 15 is 0 Å². The Morgan fingerprint density at radius 3 is 2.80 bits per heavy atom. The van der Waals surface area contributed by atoms with Gasteiger partial charge in [-0.2, -0.15) is 0 Å². The van der Waals surface area contributed by atoms with Gasteiger partial charge in [0.1, 0.15) is 5.75 Å². The fraction of sp³-hybridized carbons (Fsp3) is 0.214. The number of phenolic OH excluding ortho intramolecular Hbond substituents is 1. The van der Waals surface area contributed by atoms with Crippen LogP contribution in [0.3, 0.4) is 0 Å². The van der Waals surface area contributed by atoms with Crippen LogP contribution in [-0.2, 0) is 4.74 Å². The second kappa shape index (κ2) is 6.38. The molecule has 0 aliphatic rings. The summed E-state index contributed by atoms with van der Waals surface area (Å²) in [5.41, 5.74) is 0.907. The summed E-state index contributed by atoms with van der Waals surface area (Å²) in [5.74, 6) is -0.252. The van der Waals surface area contributed by atoms with Crippen LogP contribution in [0.5, 0.6) is 5.75 Å². The first-order valence-corrected chi connectivity index (χ1v) is 6.90. The second-order valence-electron chi connectivity index (χ2n) is 3.94. The Balaban J connectivity index is 2.21. The van der Waals surface area contributed by atoms with Gasteiger partial charge in [-0.1, -0.05) is 12.1 Å². The maximum absolute atomic E-state index is 11.6. The van der Waals surface area contributed by atoms with E-state index in [1.807, 2.05) is 6.07 Å². The Morgan fingerprint density at radius 1 is 1.40 bits per heavy atom. The molecule has 1 aromatic carbocycles. The monoisotopic (exact) mass is 290 g/mol. The summed E-state index contributed by atoms with van der Waals surface area (Å²) < 4.78 is 4.92. The second-order valence-corrected chi connectivity index (χ2v) is 4.95. The lowest BCUT2D eigenvalue weighted by molar-refractivity contribution is 0.0524. The number of benzene rings is 1. The maximum atomic E-state index is 11.6. The molecule has 0 unspecified atom stereocenters. The molecule has 104 valence electrons. The van der Waals surface area contributed by atoms with Crippen molar-refractivity contribution in [3.05, 3.63) is 41.7 Å². The quantitative estimate of drug-likeness (QED) is 0.689. The Bertz CT molecular complexity index is 632. The number of carbonyl (C=O) groups excluding carboxylic acids is 1. The number of aryl methyl sites for hydroxylation is 1. The summed E-state index contributed by atoms with van der Waals surface area (Å²) in [6.07, 6.45) is 1.45. The number of rotatable bonds is 4. The molecule has 20 heavy (non-hydrogen) atoms. The van der Waals surface area contributed by atoms with Gasteiger partial charge in [0, 0.05) is 6.20 Å². The molecule has 0 saturated carbocycles. The lowest BCUT2D eigenvalue weighted by Gasteiger charge is -2.06. The van der Waals surface area contributed by atoms with Crippen molar-refractivity contribution in [1.29, 1.82) is 0 Å². The van der Waals surface area contributed by atoms with Crippen molar-refractivity contribution in [2.24, 2.45) is 0 Å². The number of para-hydroxylation sites is 1. The number of aromatic hydroxyl groups is 1. The highest BCUT2D eigenvalue weighted by Gasteiger charge is 2.13. The smallest absolute Gasteiger partial charge is 0.341 e. The van der Waals surface area contributed by atoms with E-state index in [-0.39, 0.29) is 5.75 Å². The molecule has 0 fully saturated rings. The van der Waals surface area contributed by atoms with Crippen LogP contribution in [0.15, 0.2) is 40.5 Å². The molecule has 0 amide bonds. The molecule has 6 heteroatoms. The minimum Gasteiger partial charge on any atom is -0.507 e. The number of carbonyl (C=O) groups is 1. The summed E-state index contributed by atoms with van der Waals surface area (Å²) in [4.78, 5) is 20.7. The Hall–Kier alpha value is -2.08. The van der Waals surface area contributed by atoms with E-state index in [0.717, 1.165) is 0 Å². The van der Waals surface area contributed by atoms with E-state index in [1.165, 1.54) is 18.0 Å². The Labute approximate surface area is 121 Å². The van der Waals surface area contributed by atoms with E-state index < -0.39 is 5.97 Å². The average molecular weight is 290 g/mol. The molecule has 1 aromatic heterocycles.